The van der Waals surface area contributed by atoms with Crippen LogP contribution in [-0.4, -0.2) is 33.8 Å². The van der Waals surface area contributed by atoms with E-state index < -0.39 is 6.10 Å². The number of aromatic nitrogens is 2. The molecule has 0 spiro atoms. The maximum absolute atomic E-state index is 12.6. The van der Waals surface area contributed by atoms with Gasteiger partial charge in [-0.3, -0.25) is 9.59 Å². The van der Waals surface area contributed by atoms with E-state index in [4.69, 9.17) is 9.72 Å². The normalized spacial score (nSPS) is 15.3. The first-order valence-corrected chi connectivity index (χ1v) is 10.9. The van der Waals surface area contributed by atoms with Crippen molar-refractivity contribution in [3.05, 3.63) is 78.6 Å². The molecule has 4 aromatic rings. The molecule has 3 heterocycles. The lowest BCUT2D eigenvalue weighted by Gasteiger charge is -2.32. The molecule has 1 atom stereocenters. The van der Waals surface area contributed by atoms with Gasteiger partial charge in [-0.2, -0.15) is 0 Å². The first-order valence-electron chi connectivity index (χ1n) is 10.9. The SMILES string of the molecule is Cc1cccn2cc(-c3ccc(NC(=O)CCN4C(=O)C(C)Oc5ccccc54)cc3)nc12. The Hall–Kier alpha value is -4.13. The lowest BCUT2D eigenvalue weighted by molar-refractivity contribution is -0.125. The molecule has 7 nitrogen and oxygen atoms in total. The highest BCUT2D eigenvalue weighted by atomic mass is 16.5. The maximum atomic E-state index is 12.6. The molecule has 0 aliphatic carbocycles. The van der Waals surface area contributed by atoms with Crippen LogP contribution >= 0.6 is 0 Å². The van der Waals surface area contributed by atoms with Crippen molar-refractivity contribution in [2.45, 2.75) is 26.4 Å². The monoisotopic (exact) mass is 440 g/mol. The molecule has 0 radical (unpaired) electrons. The summed E-state index contributed by atoms with van der Waals surface area (Å²) < 4.78 is 7.66. The fourth-order valence-electron chi connectivity index (χ4n) is 4.04. The average Bonchev–Trinajstić information content (AvgIpc) is 3.26. The number of amides is 2. The van der Waals surface area contributed by atoms with E-state index >= 15 is 0 Å². The van der Waals surface area contributed by atoms with Gasteiger partial charge in [-0.05, 0) is 49.7 Å². The topological polar surface area (TPSA) is 75.9 Å². The third-order valence-electron chi connectivity index (χ3n) is 5.78. The minimum Gasteiger partial charge on any atom is -0.479 e. The highest BCUT2D eigenvalue weighted by Crippen LogP contribution is 2.33. The number of nitrogens with zero attached hydrogens (tertiary/aromatic N) is 3. The second kappa shape index (κ2) is 8.43. The summed E-state index contributed by atoms with van der Waals surface area (Å²) >= 11 is 0. The number of rotatable bonds is 5. The molecule has 166 valence electrons. The van der Waals surface area contributed by atoms with Crippen LogP contribution in [0.5, 0.6) is 5.75 Å². The molecule has 0 saturated heterocycles. The lowest BCUT2D eigenvalue weighted by Crippen LogP contribution is -2.45. The van der Waals surface area contributed by atoms with Gasteiger partial charge >= 0.3 is 0 Å². The summed E-state index contributed by atoms with van der Waals surface area (Å²) in [7, 11) is 0. The summed E-state index contributed by atoms with van der Waals surface area (Å²) in [6.07, 6.45) is 3.58. The number of fused-ring (bicyclic) bond motifs is 2. The van der Waals surface area contributed by atoms with Crippen LogP contribution in [0.4, 0.5) is 11.4 Å². The number of pyridine rings is 1. The van der Waals surface area contributed by atoms with Gasteiger partial charge in [0.1, 0.15) is 11.4 Å². The van der Waals surface area contributed by atoms with Crippen LogP contribution in [0.2, 0.25) is 0 Å². The molecule has 5 rings (SSSR count). The molecule has 0 saturated carbocycles. The van der Waals surface area contributed by atoms with Gasteiger partial charge in [-0.1, -0.05) is 30.3 Å². The zero-order valence-electron chi connectivity index (χ0n) is 18.5. The zero-order chi connectivity index (χ0) is 22.9. The van der Waals surface area contributed by atoms with Crippen molar-refractivity contribution in [2.75, 3.05) is 16.8 Å². The average molecular weight is 441 g/mol. The third kappa shape index (κ3) is 4.05. The zero-order valence-corrected chi connectivity index (χ0v) is 18.5. The van der Waals surface area contributed by atoms with Crippen molar-refractivity contribution in [3.8, 4) is 17.0 Å². The van der Waals surface area contributed by atoms with Crippen molar-refractivity contribution >= 4 is 28.8 Å². The molecule has 1 N–H and O–H groups in total. The summed E-state index contributed by atoms with van der Waals surface area (Å²) in [5.41, 5.74) is 5.29. The van der Waals surface area contributed by atoms with Crippen LogP contribution < -0.4 is 15.0 Å². The van der Waals surface area contributed by atoms with E-state index in [1.165, 1.54) is 0 Å². The van der Waals surface area contributed by atoms with Crippen LogP contribution in [0.15, 0.2) is 73.1 Å². The number of hydrogen-bond acceptors (Lipinski definition) is 4. The van der Waals surface area contributed by atoms with Gasteiger partial charge in [0.05, 0.1) is 11.4 Å². The van der Waals surface area contributed by atoms with Crippen molar-refractivity contribution in [1.29, 1.82) is 0 Å². The van der Waals surface area contributed by atoms with Gasteiger partial charge < -0.3 is 19.4 Å². The number of benzene rings is 2. The van der Waals surface area contributed by atoms with Gasteiger partial charge in [-0.15, -0.1) is 0 Å². The predicted octanol–water partition coefficient (Wildman–Crippen LogP) is 4.45. The highest BCUT2D eigenvalue weighted by molar-refractivity contribution is 6.00. The van der Waals surface area contributed by atoms with E-state index in [1.54, 1.807) is 11.8 Å². The molecule has 0 fully saturated rings. The summed E-state index contributed by atoms with van der Waals surface area (Å²) in [4.78, 5) is 31.5. The fourth-order valence-corrected chi connectivity index (χ4v) is 4.04. The molecule has 33 heavy (non-hydrogen) atoms. The number of carbonyl (C=O) groups excluding carboxylic acids is 2. The Morgan fingerprint density at radius 2 is 1.88 bits per heavy atom. The smallest absolute Gasteiger partial charge is 0.267 e. The number of carbonyl (C=O) groups is 2. The quantitative estimate of drug-likeness (QED) is 0.497. The Kier molecular flexibility index (Phi) is 5.30. The number of ether oxygens (including phenoxy) is 1. The largest absolute Gasteiger partial charge is 0.479 e. The number of nitrogens with one attached hydrogen (secondary N) is 1. The third-order valence-corrected chi connectivity index (χ3v) is 5.78. The molecular weight excluding hydrogens is 416 g/mol. The molecule has 7 heteroatoms. The van der Waals surface area contributed by atoms with Gasteiger partial charge in [-0.25, -0.2) is 4.98 Å². The fraction of sp³-hybridized carbons (Fsp3) is 0.192. The predicted molar refractivity (Wildman–Crippen MR) is 127 cm³/mol. The van der Waals surface area contributed by atoms with E-state index in [1.807, 2.05) is 84.4 Å². The molecule has 1 aliphatic rings. The van der Waals surface area contributed by atoms with Crippen molar-refractivity contribution in [3.63, 3.8) is 0 Å². The van der Waals surface area contributed by atoms with E-state index in [0.717, 1.165) is 22.5 Å². The minimum absolute atomic E-state index is 0.145. The summed E-state index contributed by atoms with van der Waals surface area (Å²) in [6.45, 7) is 4.04. The molecule has 2 amide bonds. The Balaban J connectivity index is 1.24. The van der Waals surface area contributed by atoms with E-state index in [0.29, 0.717) is 17.1 Å². The van der Waals surface area contributed by atoms with E-state index in [2.05, 4.69) is 5.32 Å². The summed E-state index contributed by atoms with van der Waals surface area (Å²) in [5.74, 6) is 0.354. The van der Waals surface area contributed by atoms with Crippen LogP contribution in [0, 0.1) is 6.92 Å². The van der Waals surface area contributed by atoms with E-state index in [9.17, 15) is 9.59 Å². The van der Waals surface area contributed by atoms with Crippen LogP contribution in [0.3, 0.4) is 0 Å². The number of hydrogen-bond donors (Lipinski definition) is 1. The van der Waals surface area contributed by atoms with Crippen molar-refractivity contribution < 1.29 is 14.3 Å². The van der Waals surface area contributed by atoms with Crippen LogP contribution in [0.1, 0.15) is 18.9 Å². The first-order chi connectivity index (χ1) is 16.0. The first kappa shape index (κ1) is 20.8. The van der Waals surface area contributed by atoms with Crippen molar-refractivity contribution in [2.24, 2.45) is 0 Å². The number of aryl methyl sites for hydroxylation is 1. The Morgan fingerprint density at radius 3 is 2.67 bits per heavy atom. The molecule has 2 aromatic heterocycles. The Bertz CT molecular complexity index is 1340. The van der Waals surface area contributed by atoms with Gasteiger partial charge in [0.25, 0.3) is 5.91 Å². The molecular formula is C26H24N4O3. The minimum atomic E-state index is -0.570. The molecule has 1 aliphatic heterocycles. The highest BCUT2D eigenvalue weighted by Gasteiger charge is 2.31. The summed E-state index contributed by atoms with van der Waals surface area (Å²) in [6, 6.07) is 19.0. The number of anilines is 2. The van der Waals surface area contributed by atoms with Gasteiger partial charge in [0.2, 0.25) is 5.91 Å². The van der Waals surface area contributed by atoms with Crippen LogP contribution in [0.25, 0.3) is 16.9 Å². The van der Waals surface area contributed by atoms with E-state index in [-0.39, 0.29) is 24.8 Å². The molecule has 2 aromatic carbocycles. The van der Waals surface area contributed by atoms with Gasteiger partial charge in [0, 0.05) is 36.6 Å². The Morgan fingerprint density at radius 1 is 1.09 bits per heavy atom. The Labute approximate surface area is 191 Å². The molecule has 0 bridgehead atoms. The number of imidazole rings is 1. The summed E-state index contributed by atoms with van der Waals surface area (Å²) in [5, 5.41) is 2.91. The lowest BCUT2D eigenvalue weighted by atomic mass is 10.1. The van der Waals surface area contributed by atoms with Gasteiger partial charge in [0.15, 0.2) is 6.10 Å². The second-order valence-electron chi connectivity index (χ2n) is 8.14. The van der Waals surface area contributed by atoms with Crippen molar-refractivity contribution in [1.82, 2.24) is 9.38 Å². The molecule has 1 unspecified atom stereocenters. The number of para-hydroxylation sites is 2. The van der Waals surface area contributed by atoms with Crippen LogP contribution in [-0.2, 0) is 9.59 Å². The maximum Gasteiger partial charge on any atom is 0.267 e. The standard InChI is InChI=1S/C26H24N4O3/c1-17-6-5-14-29-16-21(28-25(17)29)19-9-11-20(12-10-19)27-24(31)13-15-30-22-7-3-4-8-23(22)33-18(2)26(30)32/h3-12,14,16,18H,13,15H2,1-2H3,(H,27,31). The second-order valence-corrected chi connectivity index (χ2v) is 8.14.